The molecule has 0 bridgehead atoms. The summed E-state index contributed by atoms with van der Waals surface area (Å²) in [5, 5.41) is 0. The third-order valence-electron chi connectivity index (χ3n) is 3.34. The molecule has 0 saturated heterocycles. The van der Waals surface area contributed by atoms with E-state index < -0.39 is 21.9 Å². The molecule has 0 aromatic heterocycles. The van der Waals surface area contributed by atoms with Gasteiger partial charge in [0.05, 0.1) is 18.1 Å². The van der Waals surface area contributed by atoms with Crippen LogP contribution in [0.15, 0.2) is 53.4 Å². The summed E-state index contributed by atoms with van der Waals surface area (Å²) >= 11 is 0. The van der Waals surface area contributed by atoms with Crippen molar-refractivity contribution in [3.63, 3.8) is 0 Å². The number of para-hydroxylation sites is 1. The minimum atomic E-state index is -3.83. The van der Waals surface area contributed by atoms with Gasteiger partial charge in [-0.2, -0.15) is 0 Å². The molecule has 0 saturated carbocycles. The highest BCUT2D eigenvalue weighted by Crippen LogP contribution is 2.26. The monoisotopic (exact) mass is 339 g/mol. The van der Waals surface area contributed by atoms with Crippen molar-refractivity contribution >= 4 is 10.0 Å². The molecule has 2 aromatic rings. The Kier molecular flexibility index (Phi) is 5.70. The number of rotatable bonds is 7. The second kappa shape index (κ2) is 7.54. The van der Waals surface area contributed by atoms with Crippen molar-refractivity contribution in [2.45, 2.75) is 11.0 Å². The minimum absolute atomic E-state index is 0.00425. The first-order valence-corrected chi connectivity index (χ1v) is 8.37. The topological polar surface area (TPSA) is 64.6 Å². The lowest BCUT2D eigenvalue weighted by atomic mass is 10.1. The highest BCUT2D eigenvalue weighted by Gasteiger charge is 2.20. The largest absolute Gasteiger partial charge is 0.496 e. The van der Waals surface area contributed by atoms with Crippen LogP contribution in [-0.2, 0) is 14.8 Å². The Morgan fingerprint density at radius 1 is 1.13 bits per heavy atom. The Morgan fingerprint density at radius 3 is 2.52 bits per heavy atom. The van der Waals surface area contributed by atoms with Gasteiger partial charge < -0.3 is 9.47 Å². The minimum Gasteiger partial charge on any atom is -0.496 e. The molecule has 0 spiro atoms. The average Bonchev–Trinajstić information content (AvgIpc) is 2.56. The SMILES string of the molecule is COc1ccccc1C(CNS(=O)(=O)c1cccc(F)c1)OC. The van der Waals surface area contributed by atoms with Gasteiger partial charge in [0.25, 0.3) is 0 Å². The fourth-order valence-corrected chi connectivity index (χ4v) is 3.22. The molecule has 0 heterocycles. The van der Waals surface area contributed by atoms with Gasteiger partial charge in [-0.1, -0.05) is 24.3 Å². The summed E-state index contributed by atoms with van der Waals surface area (Å²) in [5.74, 6) is -0.00908. The number of nitrogens with one attached hydrogen (secondary N) is 1. The first kappa shape index (κ1) is 17.4. The molecule has 1 N–H and O–H groups in total. The fourth-order valence-electron chi connectivity index (χ4n) is 2.16. The van der Waals surface area contributed by atoms with E-state index >= 15 is 0 Å². The Morgan fingerprint density at radius 2 is 1.87 bits per heavy atom. The third kappa shape index (κ3) is 4.28. The lowest BCUT2D eigenvalue weighted by molar-refractivity contribution is 0.105. The highest BCUT2D eigenvalue weighted by molar-refractivity contribution is 7.89. The van der Waals surface area contributed by atoms with E-state index in [1.807, 2.05) is 12.1 Å². The van der Waals surface area contributed by atoms with E-state index in [2.05, 4.69) is 4.72 Å². The Hall–Kier alpha value is -1.96. The number of hydrogen-bond donors (Lipinski definition) is 1. The third-order valence-corrected chi connectivity index (χ3v) is 4.76. The maximum absolute atomic E-state index is 13.2. The fraction of sp³-hybridized carbons (Fsp3) is 0.250. The van der Waals surface area contributed by atoms with Crippen LogP contribution in [0.1, 0.15) is 11.7 Å². The van der Waals surface area contributed by atoms with Crippen LogP contribution in [0.5, 0.6) is 5.75 Å². The van der Waals surface area contributed by atoms with Crippen LogP contribution in [0.2, 0.25) is 0 Å². The highest BCUT2D eigenvalue weighted by atomic mass is 32.2. The van der Waals surface area contributed by atoms with Gasteiger partial charge in [0, 0.05) is 19.2 Å². The number of sulfonamides is 1. The van der Waals surface area contributed by atoms with Gasteiger partial charge in [-0.25, -0.2) is 17.5 Å². The molecule has 0 aliphatic rings. The molecule has 23 heavy (non-hydrogen) atoms. The van der Waals surface area contributed by atoms with Crippen molar-refractivity contribution < 1.29 is 22.3 Å². The molecule has 1 unspecified atom stereocenters. The molecule has 2 rings (SSSR count). The average molecular weight is 339 g/mol. The van der Waals surface area contributed by atoms with Gasteiger partial charge in [-0.15, -0.1) is 0 Å². The van der Waals surface area contributed by atoms with Gasteiger partial charge in [-0.05, 0) is 24.3 Å². The molecular weight excluding hydrogens is 321 g/mol. The van der Waals surface area contributed by atoms with Crippen LogP contribution in [0.4, 0.5) is 4.39 Å². The Labute approximate surface area is 135 Å². The van der Waals surface area contributed by atoms with Crippen LogP contribution in [0.25, 0.3) is 0 Å². The van der Waals surface area contributed by atoms with E-state index in [9.17, 15) is 12.8 Å². The van der Waals surface area contributed by atoms with E-state index in [0.29, 0.717) is 5.75 Å². The Bertz CT molecular complexity index is 764. The molecule has 2 aromatic carbocycles. The van der Waals surface area contributed by atoms with Crippen molar-refractivity contribution in [3.8, 4) is 5.75 Å². The zero-order valence-electron chi connectivity index (χ0n) is 12.8. The van der Waals surface area contributed by atoms with Crippen LogP contribution in [0, 0.1) is 5.82 Å². The lowest BCUT2D eigenvalue weighted by Gasteiger charge is -2.19. The molecule has 5 nitrogen and oxygen atoms in total. The molecule has 0 radical (unpaired) electrons. The van der Waals surface area contributed by atoms with Crippen LogP contribution >= 0.6 is 0 Å². The van der Waals surface area contributed by atoms with Crippen molar-refractivity contribution in [2.24, 2.45) is 0 Å². The number of methoxy groups -OCH3 is 2. The predicted molar refractivity (Wildman–Crippen MR) is 84.3 cm³/mol. The van der Waals surface area contributed by atoms with Crippen molar-refractivity contribution in [3.05, 3.63) is 59.9 Å². The Balaban J connectivity index is 2.17. The molecular formula is C16H18FNO4S. The van der Waals surface area contributed by atoms with Crippen LogP contribution in [-0.4, -0.2) is 29.2 Å². The second-order valence-corrected chi connectivity index (χ2v) is 6.54. The first-order valence-electron chi connectivity index (χ1n) is 6.89. The standard InChI is InChI=1S/C16H18FNO4S/c1-21-15-9-4-3-8-14(15)16(22-2)11-18-23(19,20)13-7-5-6-12(17)10-13/h3-10,16,18H,11H2,1-2H3. The molecule has 0 aliphatic heterocycles. The maximum atomic E-state index is 13.2. The molecule has 0 amide bonds. The first-order chi connectivity index (χ1) is 11.0. The summed E-state index contributed by atoms with van der Waals surface area (Å²) in [6.07, 6.45) is -0.533. The normalized spacial score (nSPS) is 12.8. The smallest absolute Gasteiger partial charge is 0.240 e. The lowest BCUT2D eigenvalue weighted by Crippen LogP contribution is -2.29. The maximum Gasteiger partial charge on any atom is 0.240 e. The summed E-state index contributed by atoms with van der Waals surface area (Å²) in [5.41, 5.74) is 0.722. The van der Waals surface area contributed by atoms with E-state index in [-0.39, 0.29) is 11.4 Å². The van der Waals surface area contributed by atoms with Crippen molar-refractivity contribution in [2.75, 3.05) is 20.8 Å². The summed E-state index contributed by atoms with van der Waals surface area (Å²) in [6, 6.07) is 12.0. The molecule has 1 atom stereocenters. The van der Waals surface area contributed by atoms with Crippen molar-refractivity contribution in [1.29, 1.82) is 0 Å². The number of hydrogen-bond acceptors (Lipinski definition) is 4. The summed E-state index contributed by atoms with van der Waals surface area (Å²) in [4.78, 5) is -0.132. The van der Waals surface area contributed by atoms with Gasteiger partial charge >= 0.3 is 0 Å². The van der Waals surface area contributed by atoms with Gasteiger partial charge in [0.2, 0.25) is 10.0 Å². The second-order valence-electron chi connectivity index (χ2n) is 4.78. The zero-order chi connectivity index (χ0) is 16.9. The van der Waals surface area contributed by atoms with E-state index in [1.165, 1.54) is 32.4 Å². The molecule has 124 valence electrons. The number of ether oxygens (including phenoxy) is 2. The number of halogens is 1. The van der Waals surface area contributed by atoms with E-state index in [0.717, 1.165) is 11.6 Å². The molecule has 0 fully saturated rings. The zero-order valence-corrected chi connectivity index (χ0v) is 13.6. The predicted octanol–water partition coefficient (Wildman–Crippen LogP) is 2.50. The molecule has 0 aliphatic carbocycles. The van der Waals surface area contributed by atoms with E-state index in [1.54, 1.807) is 12.1 Å². The van der Waals surface area contributed by atoms with Crippen molar-refractivity contribution in [1.82, 2.24) is 4.72 Å². The van der Waals surface area contributed by atoms with Gasteiger partial charge in [-0.3, -0.25) is 0 Å². The number of benzene rings is 2. The van der Waals surface area contributed by atoms with Gasteiger partial charge in [0.15, 0.2) is 0 Å². The quantitative estimate of drug-likeness (QED) is 0.842. The van der Waals surface area contributed by atoms with E-state index in [4.69, 9.17) is 9.47 Å². The summed E-state index contributed by atoms with van der Waals surface area (Å²) in [6.45, 7) is -0.00425. The van der Waals surface area contributed by atoms with Gasteiger partial charge in [0.1, 0.15) is 11.6 Å². The van der Waals surface area contributed by atoms with Crippen LogP contribution < -0.4 is 9.46 Å². The van der Waals surface area contributed by atoms with Crippen LogP contribution in [0.3, 0.4) is 0 Å². The molecule has 7 heteroatoms. The summed E-state index contributed by atoms with van der Waals surface area (Å²) in [7, 11) is -0.816. The summed E-state index contributed by atoms with van der Waals surface area (Å²) < 4.78 is 50.7.